The number of β-lactam (4-membered cyclic amide) rings is 1. The summed E-state index contributed by atoms with van der Waals surface area (Å²) in [5, 5.41) is 13.1. The van der Waals surface area contributed by atoms with Gasteiger partial charge in [-0.1, -0.05) is 6.07 Å². The number of ether oxygens (including phenoxy) is 4. The molecule has 1 aromatic heterocycles. The molecule has 0 saturated carbocycles. The van der Waals surface area contributed by atoms with E-state index < -0.39 is 18.0 Å². The molecule has 2 atom stereocenters. The number of nitrogens with one attached hydrogen (secondary N) is 1. The van der Waals surface area contributed by atoms with Gasteiger partial charge in [-0.3, -0.25) is 9.59 Å². The number of carbonyl (C=O) groups is 2. The number of benzene rings is 2. The van der Waals surface area contributed by atoms with Crippen molar-refractivity contribution in [1.29, 1.82) is 0 Å². The number of carbonyl (C=O) groups excluding carboxylic acids is 2. The van der Waals surface area contributed by atoms with Crippen LogP contribution in [-0.2, 0) is 4.79 Å². The molecule has 0 bridgehead atoms. The minimum absolute atomic E-state index is 0.0790. The van der Waals surface area contributed by atoms with Crippen molar-refractivity contribution in [3.05, 3.63) is 60.1 Å². The molecular weight excluding hydrogens is 444 g/mol. The molecule has 2 aromatic carbocycles. The lowest BCUT2D eigenvalue weighted by molar-refractivity contribution is -0.127. The molecule has 4 rings (SSSR count). The number of anilines is 1. The van der Waals surface area contributed by atoms with Gasteiger partial charge in [0.1, 0.15) is 6.04 Å². The highest BCUT2D eigenvalue weighted by molar-refractivity contribution is 6.09. The summed E-state index contributed by atoms with van der Waals surface area (Å²) in [5.41, 5.74) is 1.04. The van der Waals surface area contributed by atoms with E-state index in [1.54, 1.807) is 30.3 Å². The number of amides is 2. The second-order valence-electron chi connectivity index (χ2n) is 7.40. The fourth-order valence-corrected chi connectivity index (χ4v) is 3.98. The van der Waals surface area contributed by atoms with Gasteiger partial charge in [-0.15, -0.1) is 0 Å². The molecule has 1 aliphatic heterocycles. The van der Waals surface area contributed by atoms with Gasteiger partial charge in [-0.25, -0.2) is 0 Å². The Hall–Kier alpha value is -4.34. The third-order valence-corrected chi connectivity index (χ3v) is 5.60. The first-order valence-electron chi connectivity index (χ1n) is 10.3. The molecule has 2 heterocycles. The molecule has 2 N–H and O–H groups in total. The third kappa shape index (κ3) is 3.83. The first kappa shape index (κ1) is 22.8. The zero-order valence-corrected chi connectivity index (χ0v) is 19.0. The molecule has 10 heteroatoms. The number of methoxy groups -OCH3 is 4. The van der Waals surface area contributed by atoms with Gasteiger partial charge in [0.25, 0.3) is 11.8 Å². The minimum Gasteiger partial charge on any atom is -0.504 e. The number of phenolic OH excluding ortho intramolecular Hbond substituents is 1. The molecule has 0 spiro atoms. The van der Waals surface area contributed by atoms with Gasteiger partial charge < -0.3 is 38.7 Å². The largest absolute Gasteiger partial charge is 0.504 e. The first-order valence-corrected chi connectivity index (χ1v) is 10.3. The monoisotopic (exact) mass is 468 g/mol. The van der Waals surface area contributed by atoms with E-state index in [0.717, 1.165) is 0 Å². The summed E-state index contributed by atoms with van der Waals surface area (Å²) in [7, 11) is 5.88. The summed E-state index contributed by atoms with van der Waals surface area (Å²) in [5.74, 6) is 0.474. The summed E-state index contributed by atoms with van der Waals surface area (Å²) in [6.45, 7) is 0. The van der Waals surface area contributed by atoms with Gasteiger partial charge in [0, 0.05) is 12.1 Å². The van der Waals surface area contributed by atoms with Crippen LogP contribution >= 0.6 is 0 Å². The van der Waals surface area contributed by atoms with Crippen molar-refractivity contribution in [3.63, 3.8) is 0 Å². The van der Waals surface area contributed by atoms with Crippen LogP contribution in [0.2, 0.25) is 0 Å². The van der Waals surface area contributed by atoms with Crippen molar-refractivity contribution in [2.75, 3.05) is 33.3 Å². The second-order valence-corrected chi connectivity index (χ2v) is 7.40. The molecular formula is C24H24N2O8. The average molecular weight is 468 g/mol. The Morgan fingerprint density at radius 2 is 1.65 bits per heavy atom. The molecule has 34 heavy (non-hydrogen) atoms. The van der Waals surface area contributed by atoms with Crippen molar-refractivity contribution < 1.29 is 38.1 Å². The number of hydrogen-bond donors (Lipinski definition) is 2. The minimum atomic E-state index is -0.913. The van der Waals surface area contributed by atoms with Gasteiger partial charge in [0.15, 0.2) is 28.8 Å². The smallest absolute Gasteiger partial charge is 0.287 e. The van der Waals surface area contributed by atoms with Gasteiger partial charge in [-0.2, -0.15) is 0 Å². The summed E-state index contributed by atoms with van der Waals surface area (Å²) < 4.78 is 26.5. The predicted molar refractivity (Wildman–Crippen MR) is 121 cm³/mol. The van der Waals surface area contributed by atoms with Crippen LogP contribution in [-0.4, -0.2) is 51.4 Å². The number of aromatic hydroxyl groups is 1. The van der Waals surface area contributed by atoms with Crippen molar-refractivity contribution in [3.8, 4) is 28.7 Å². The molecule has 0 aliphatic carbocycles. The standard InChI is InChI=1S/C24H24N2O8/c1-30-16-8-7-13(10-15(16)27)21-20(25-23(28)17-6-5-9-34-17)24(29)26(21)14-11-18(31-2)22(33-4)19(12-14)32-3/h5-12,20-21,27H,1-4H3,(H,25,28)/t20-,21-/m0/s1. The van der Waals surface area contributed by atoms with Gasteiger partial charge in [0.05, 0.1) is 46.4 Å². The molecule has 2 amide bonds. The van der Waals surface area contributed by atoms with Crippen LogP contribution in [0.25, 0.3) is 0 Å². The average Bonchev–Trinajstić information content (AvgIpc) is 3.39. The first-order chi connectivity index (χ1) is 16.4. The molecule has 178 valence electrons. The van der Waals surface area contributed by atoms with Crippen LogP contribution in [0.4, 0.5) is 5.69 Å². The fourth-order valence-electron chi connectivity index (χ4n) is 3.98. The van der Waals surface area contributed by atoms with Gasteiger partial charge in [0.2, 0.25) is 5.75 Å². The lowest BCUT2D eigenvalue weighted by atomic mass is 9.87. The molecule has 10 nitrogen and oxygen atoms in total. The summed E-state index contributed by atoms with van der Waals surface area (Å²) in [6.07, 6.45) is 1.37. The zero-order valence-electron chi connectivity index (χ0n) is 19.0. The van der Waals surface area contributed by atoms with Crippen molar-refractivity contribution >= 4 is 17.5 Å². The topological polar surface area (TPSA) is 120 Å². The maximum absolute atomic E-state index is 13.3. The van der Waals surface area contributed by atoms with Crippen LogP contribution in [0, 0.1) is 0 Å². The van der Waals surface area contributed by atoms with E-state index in [0.29, 0.717) is 28.5 Å². The van der Waals surface area contributed by atoms with E-state index in [1.165, 1.54) is 51.7 Å². The van der Waals surface area contributed by atoms with Crippen LogP contribution in [0.3, 0.4) is 0 Å². The third-order valence-electron chi connectivity index (χ3n) is 5.60. The lowest BCUT2D eigenvalue weighted by Gasteiger charge is -2.47. The summed E-state index contributed by atoms with van der Waals surface area (Å²) in [4.78, 5) is 27.4. The highest BCUT2D eigenvalue weighted by Gasteiger charge is 2.50. The fraction of sp³-hybridized carbons (Fsp3) is 0.250. The Morgan fingerprint density at radius 3 is 2.18 bits per heavy atom. The number of hydrogen-bond acceptors (Lipinski definition) is 8. The SMILES string of the molecule is COc1ccc([C@H]2[C@H](NC(=O)c3ccco3)C(=O)N2c2cc(OC)c(OC)c(OC)c2)cc1O. The van der Waals surface area contributed by atoms with Gasteiger partial charge >= 0.3 is 0 Å². The molecule has 1 saturated heterocycles. The van der Waals surface area contributed by atoms with E-state index in [1.807, 2.05) is 0 Å². The number of rotatable bonds is 8. The highest BCUT2D eigenvalue weighted by Crippen LogP contribution is 2.47. The number of furan rings is 1. The Labute approximate surface area is 195 Å². The molecule has 3 aromatic rings. The van der Waals surface area contributed by atoms with Crippen LogP contribution in [0.15, 0.2) is 53.1 Å². The van der Waals surface area contributed by atoms with Gasteiger partial charge in [-0.05, 0) is 29.8 Å². The maximum atomic E-state index is 13.3. The Morgan fingerprint density at radius 1 is 0.971 bits per heavy atom. The lowest BCUT2D eigenvalue weighted by Crippen LogP contribution is -2.66. The van der Waals surface area contributed by atoms with E-state index in [9.17, 15) is 14.7 Å². The van der Waals surface area contributed by atoms with Crippen LogP contribution in [0.1, 0.15) is 22.2 Å². The van der Waals surface area contributed by atoms with Crippen molar-refractivity contribution in [1.82, 2.24) is 5.32 Å². The van der Waals surface area contributed by atoms with E-state index in [4.69, 9.17) is 23.4 Å². The quantitative estimate of drug-likeness (QED) is 0.485. The Kier molecular flexibility index (Phi) is 6.22. The molecule has 0 radical (unpaired) electrons. The zero-order chi connectivity index (χ0) is 24.4. The number of phenols is 1. The normalized spacial score (nSPS) is 17.1. The van der Waals surface area contributed by atoms with Crippen LogP contribution in [0.5, 0.6) is 28.7 Å². The molecule has 1 fully saturated rings. The van der Waals surface area contributed by atoms with Crippen molar-refractivity contribution in [2.24, 2.45) is 0 Å². The van der Waals surface area contributed by atoms with E-state index in [-0.39, 0.29) is 23.2 Å². The summed E-state index contributed by atoms with van der Waals surface area (Å²) >= 11 is 0. The van der Waals surface area contributed by atoms with E-state index >= 15 is 0 Å². The maximum Gasteiger partial charge on any atom is 0.287 e. The predicted octanol–water partition coefficient (Wildman–Crippen LogP) is 2.91. The van der Waals surface area contributed by atoms with E-state index in [2.05, 4.69) is 5.32 Å². The number of nitrogens with zero attached hydrogens (tertiary/aromatic N) is 1. The van der Waals surface area contributed by atoms with Crippen molar-refractivity contribution in [2.45, 2.75) is 12.1 Å². The van der Waals surface area contributed by atoms with Crippen LogP contribution < -0.4 is 29.2 Å². The Bertz CT molecular complexity index is 1180. The summed E-state index contributed by atoms with van der Waals surface area (Å²) in [6, 6.07) is 9.60. The molecule has 0 unspecified atom stereocenters. The highest BCUT2D eigenvalue weighted by atomic mass is 16.5. The Balaban J connectivity index is 1.76. The second kappa shape index (κ2) is 9.26. The molecule has 1 aliphatic rings.